The summed E-state index contributed by atoms with van der Waals surface area (Å²) in [6, 6.07) is 9.92. The molecule has 1 aromatic carbocycles. The maximum Gasteiger partial charge on any atom is 0.230 e. The van der Waals surface area contributed by atoms with E-state index in [1.165, 1.54) is 0 Å². The van der Waals surface area contributed by atoms with Crippen LogP contribution in [0, 0.1) is 5.92 Å². The fourth-order valence-corrected chi connectivity index (χ4v) is 4.21. The van der Waals surface area contributed by atoms with Crippen LogP contribution in [0.5, 0.6) is 0 Å². The molecule has 0 spiro atoms. The van der Waals surface area contributed by atoms with Gasteiger partial charge in [0.1, 0.15) is 5.82 Å². The molecule has 2 aliphatic rings. The number of rotatable bonds is 2. The third-order valence-corrected chi connectivity index (χ3v) is 5.84. The number of amides is 1. The van der Waals surface area contributed by atoms with E-state index in [1.807, 2.05) is 35.2 Å². The van der Waals surface area contributed by atoms with Crippen LogP contribution in [0.1, 0.15) is 31.2 Å². The highest BCUT2D eigenvalue weighted by atomic mass is 79.9. The number of anilines is 3. The van der Waals surface area contributed by atoms with Crippen LogP contribution in [0.3, 0.4) is 0 Å². The number of fused-ring (bicyclic) bond motifs is 2. The van der Waals surface area contributed by atoms with Gasteiger partial charge in [-0.3, -0.25) is 4.79 Å². The number of carbonyl (C=O) groups is 1. The fourth-order valence-electron chi connectivity index (χ4n) is 3.86. The lowest BCUT2D eigenvalue weighted by Crippen LogP contribution is -2.38. The van der Waals surface area contributed by atoms with Crippen LogP contribution in [0.25, 0.3) is 0 Å². The molecule has 4 rings (SSSR count). The molecule has 1 aliphatic heterocycles. The van der Waals surface area contributed by atoms with E-state index in [0.717, 1.165) is 52.9 Å². The Morgan fingerprint density at radius 3 is 2.85 bits per heavy atom. The van der Waals surface area contributed by atoms with E-state index in [1.54, 1.807) is 13.3 Å². The van der Waals surface area contributed by atoms with E-state index < -0.39 is 0 Å². The normalized spacial score (nSPS) is 22.0. The Kier molecular flexibility index (Phi) is 4.96. The predicted octanol–water partition coefficient (Wildman–Crippen LogP) is 4.64. The molecule has 0 unspecified atom stereocenters. The predicted molar refractivity (Wildman–Crippen MR) is 106 cm³/mol. The van der Waals surface area contributed by atoms with Gasteiger partial charge in [0.15, 0.2) is 0 Å². The molecule has 6 heteroatoms. The van der Waals surface area contributed by atoms with Crippen LogP contribution < -0.4 is 10.2 Å². The number of nitrogens with zero attached hydrogens (tertiary/aromatic N) is 2. The number of halogens is 1. The van der Waals surface area contributed by atoms with Gasteiger partial charge in [0.05, 0.1) is 24.0 Å². The quantitative estimate of drug-likeness (QED) is 0.775. The number of ether oxygens (including phenoxy) is 1. The van der Waals surface area contributed by atoms with Crippen molar-refractivity contribution < 1.29 is 9.53 Å². The van der Waals surface area contributed by atoms with Gasteiger partial charge in [-0.05, 0) is 49.9 Å². The molecule has 0 bridgehead atoms. The van der Waals surface area contributed by atoms with E-state index in [2.05, 4.69) is 26.2 Å². The van der Waals surface area contributed by atoms with Crippen molar-refractivity contribution in [3.63, 3.8) is 0 Å². The van der Waals surface area contributed by atoms with Crippen molar-refractivity contribution in [1.29, 1.82) is 0 Å². The Morgan fingerprint density at radius 1 is 1.27 bits per heavy atom. The first kappa shape index (κ1) is 17.5. The highest BCUT2D eigenvalue weighted by Gasteiger charge is 2.32. The van der Waals surface area contributed by atoms with E-state index >= 15 is 0 Å². The molecule has 1 amide bonds. The van der Waals surface area contributed by atoms with Crippen molar-refractivity contribution in [2.24, 2.45) is 5.92 Å². The van der Waals surface area contributed by atoms with Crippen molar-refractivity contribution in [3.05, 3.63) is 46.6 Å². The number of benzene rings is 1. The summed E-state index contributed by atoms with van der Waals surface area (Å²) >= 11 is 3.54. The summed E-state index contributed by atoms with van der Waals surface area (Å²) < 4.78 is 6.41. The van der Waals surface area contributed by atoms with Crippen LogP contribution in [0.2, 0.25) is 0 Å². The number of hydrogen-bond donors (Lipinski definition) is 1. The number of carbonyl (C=O) groups excluding carboxylic acids is 1. The van der Waals surface area contributed by atoms with Crippen LogP contribution in [-0.2, 0) is 16.1 Å². The SMILES string of the molecule is CO[C@H]1CC[C@H](C(=O)N2Cc3cccnc3Nc3ccc(Br)cc32)CC1. The summed E-state index contributed by atoms with van der Waals surface area (Å²) in [7, 11) is 1.75. The zero-order valence-corrected chi connectivity index (χ0v) is 16.3. The van der Waals surface area contributed by atoms with Crippen molar-refractivity contribution in [2.75, 3.05) is 17.3 Å². The zero-order chi connectivity index (χ0) is 18.1. The Labute approximate surface area is 161 Å². The van der Waals surface area contributed by atoms with Gasteiger partial charge in [-0.25, -0.2) is 4.98 Å². The van der Waals surface area contributed by atoms with Gasteiger partial charge in [0, 0.05) is 29.3 Å². The average Bonchev–Trinajstić information content (AvgIpc) is 2.84. The Morgan fingerprint density at radius 2 is 2.08 bits per heavy atom. The van der Waals surface area contributed by atoms with E-state index in [9.17, 15) is 4.79 Å². The first-order valence-corrected chi connectivity index (χ1v) is 9.79. The van der Waals surface area contributed by atoms with Gasteiger partial charge in [-0.2, -0.15) is 0 Å². The number of methoxy groups -OCH3 is 1. The van der Waals surface area contributed by atoms with Crippen LogP contribution in [0.15, 0.2) is 41.0 Å². The maximum atomic E-state index is 13.4. The van der Waals surface area contributed by atoms with Crippen LogP contribution >= 0.6 is 15.9 Å². The Hall–Kier alpha value is -1.92. The van der Waals surface area contributed by atoms with E-state index in [-0.39, 0.29) is 17.9 Å². The second-order valence-corrected chi connectivity index (χ2v) is 7.85. The van der Waals surface area contributed by atoms with Gasteiger partial charge in [0.2, 0.25) is 5.91 Å². The minimum Gasteiger partial charge on any atom is -0.381 e. The fraction of sp³-hybridized carbons (Fsp3) is 0.400. The molecule has 26 heavy (non-hydrogen) atoms. The molecule has 2 aromatic rings. The molecule has 1 N–H and O–H groups in total. The maximum absolute atomic E-state index is 13.4. The molecule has 136 valence electrons. The molecule has 0 saturated heterocycles. The minimum absolute atomic E-state index is 0.0476. The van der Waals surface area contributed by atoms with Crippen molar-refractivity contribution in [3.8, 4) is 0 Å². The molecule has 1 aliphatic carbocycles. The van der Waals surface area contributed by atoms with Gasteiger partial charge in [-0.15, -0.1) is 0 Å². The monoisotopic (exact) mass is 415 g/mol. The first-order valence-electron chi connectivity index (χ1n) is 9.00. The van der Waals surface area contributed by atoms with Gasteiger partial charge in [-0.1, -0.05) is 22.0 Å². The molecule has 2 heterocycles. The molecule has 1 saturated carbocycles. The molecule has 1 aromatic heterocycles. The Balaban J connectivity index is 1.68. The average molecular weight is 416 g/mol. The van der Waals surface area contributed by atoms with E-state index in [0.29, 0.717) is 6.54 Å². The topological polar surface area (TPSA) is 54.5 Å². The zero-order valence-electron chi connectivity index (χ0n) is 14.7. The van der Waals surface area contributed by atoms with Crippen LogP contribution in [-0.4, -0.2) is 24.1 Å². The summed E-state index contributed by atoms with van der Waals surface area (Å²) in [6.07, 6.45) is 5.71. The molecule has 0 atom stereocenters. The molecule has 0 radical (unpaired) electrons. The van der Waals surface area contributed by atoms with Gasteiger partial charge < -0.3 is 15.0 Å². The van der Waals surface area contributed by atoms with Crippen molar-refractivity contribution in [1.82, 2.24) is 4.98 Å². The summed E-state index contributed by atoms with van der Waals surface area (Å²) in [4.78, 5) is 19.8. The standard InChI is InChI=1S/C20H22BrN3O2/c1-26-16-7-4-13(5-8-16)20(25)24-12-14-3-2-10-22-19(14)23-17-9-6-15(21)11-18(17)24/h2-3,6,9-11,13,16H,4-5,7-8,12H2,1H3,(H,22,23)/t13-,16-. The van der Waals surface area contributed by atoms with Gasteiger partial charge in [0.25, 0.3) is 0 Å². The Bertz CT molecular complexity index is 818. The summed E-state index contributed by atoms with van der Waals surface area (Å²) in [5, 5.41) is 3.39. The van der Waals surface area contributed by atoms with Crippen molar-refractivity contribution >= 4 is 39.0 Å². The molecule has 5 nitrogen and oxygen atoms in total. The number of pyridine rings is 1. The largest absolute Gasteiger partial charge is 0.381 e. The second kappa shape index (κ2) is 7.37. The van der Waals surface area contributed by atoms with Crippen molar-refractivity contribution in [2.45, 2.75) is 38.3 Å². The number of hydrogen-bond acceptors (Lipinski definition) is 4. The van der Waals surface area contributed by atoms with Gasteiger partial charge >= 0.3 is 0 Å². The number of aromatic nitrogens is 1. The molecule has 1 fully saturated rings. The van der Waals surface area contributed by atoms with Crippen LogP contribution in [0.4, 0.5) is 17.2 Å². The lowest BCUT2D eigenvalue weighted by atomic mass is 9.86. The highest BCUT2D eigenvalue weighted by Crippen LogP contribution is 2.38. The highest BCUT2D eigenvalue weighted by molar-refractivity contribution is 9.10. The first-order chi connectivity index (χ1) is 12.7. The van der Waals surface area contributed by atoms with E-state index in [4.69, 9.17) is 4.74 Å². The third kappa shape index (κ3) is 3.35. The third-order valence-electron chi connectivity index (χ3n) is 5.35. The molecular weight excluding hydrogens is 394 g/mol. The minimum atomic E-state index is 0.0476. The second-order valence-electron chi connectivity index (χ2n) is 6.93. The lowest BCUT2D eigenvalue weighted by molar-refractivity contribution is -0.124. The summed E-state index contributed by atoms with van der Waals surface area (Å²) in [5.74, 6) is 1.05. The molecular formula is C20H22BrN3O2. The summed E-state index contributed by atoms with van der Waals surface area (Å²) in [5.41, 5.74) is 2.83. The smallest absolute Gasteiger partial charge is 0.230 e. The summed E-state index contributed by atoms with van der Waals surface area (Å²) in [6.45, 7) is 0.530. The number of nitrogens with one attached hydrogen (secondary N) is 1. The lowest BCUT2D eigenvalue weighted by Gasteiger charge is -2.31.